The summed E-state index contributed by atoms with van der Waals surface area (Å²) < 4.78 is 18.0. The number of nitrogens with zero attached hydrogens (tertiary/aromatic N) is 15. The largest absolute Gasteiger partial charge is 0.460 e. The predicted octanol–water partition coefficient (Wildman–Crippen LogP) is 18.0. The van der Waals surface area contributed by atoms with E-state index in [4.69, 9.17) is 37.6 Å². The molecule has 20 nitrogen and oxygen atoms in total. The van der Waals surface area contributed by atoms with Crippen LogP contribution in [-0.4, -0.2) is 95.7 Å². The third-order valence-electron chi connectivity index (χ3n) is 15.7. The topological polar surface area (TPSA) is 247 Å². The molecule has 1 amide bonds. The molecule has 0 atom stereocenters. The number of aromatic nitrogens is 9. The minimum Gasteiger partial charge on any atom is -0.324 e. The molecule has 528 valence electrons. The van der Waals surface area contributed by atoms with Crippen LogP contribution in [0.3, 0.4) is 0 Å². The first kappa shape index (κ1) is 78.3. The predicted molar refractivity (Wildman–Crippen MR) is 435 cm³/mol. The van der Waals surface area contributed by atoms with E-state index in [9.17, 15) is 9.36 Å². The molecule has 0 radical (unpaired) electrons. The van der Waals surface area contributed by atoms with Crippen LogP contribution < -0.4 is 5.32 Å². The summed E-state index contributed by atoms with van der Waals surface area (Å²) in [5.74, 6) is 11.2. The fourth-order valence-electron chi connectivity index (χ4n) is 11.0. The zero-order valence-electron chi connectivity index (χ0n) is 58.4. The standard InChI is InChI=1S/C22H22N4Si.C19H14N4.C17H13BrN4.C15H11BrN2O.C5H10Si.CH4.ClN2O3P/c1-16-24-25-21-15-23-22(18-8-6-5-7-9-18)19-14-17(12-13-27(2,3)4)10-11-20(19)26(16)21;1-3-14-9-10-17-16(11-14)19(15-7-5-4-6-8-15)20-12-18-22-21-13(2)23(17)18;1-11-20-21-16-10-19-17(12-5-3-2-4-6-12)14-9-13(18)7-8-15(14)22(11)16;16-11-6-7-13-12(8-11)15(17-9-14(19)18-13)10-4-2-1-3-5-10;1-5-6(2,3)4;;1-7(6,2-4)3-5/h5-11,14H,15H2,1-4H3;1,4-11H,12H2,2H3;2-9H,10H2,1H3;1-8H,9H2,(H,18,19);1H,2-4H3;1H4;. The molecular formula is C79H74Br2ClN16O4PSi2. The molecule has 0 saturated heterocycles. The summed E-state index contributed by atoms with van der Waals surface area (Å²) in [7, 11) is -2.54. The highest BCUT2D eigenvalue weighted by Gasteiger charge is 2.26. The number of terminal acetylenes is 2. The van der Waals surface area contributed by atoms with Crippen LogP contribution in [0.25, 0.3) is 17.1 Å². The van der Waals surface area contributed by atoms with Crippen LogP contribution in [0.2, 0.25) is 39.3 Å². The maximum atomic E-state index is 11.7. The van der Waals surface area contributed by atoms with Gasteiger partial charge in [0.15, 0.2) is 17.5 Å². The number of benzodiazepines with no additional fused rings is 1. The molecule has 0 unspecified atom stereocenters. The van der Waals surface area contributed by atoms with Gasteiger partial charge in [0.25, 0.3) is 0 Å². The number of rotatable bonds is 6. The fourth-order valence-corrected chi connectivity index (χ4v) is 12.2. The van der Waals surface area contributed by atoms with Gasteiger partial charge in [-0.1, -0.05) is 212 Å². The number of fused-ring (bicyclic) bond motifs is 10. The highest BCUT2D eigenvalue weighted by Crippen LogP contribution is 2.53. The maximum Gasteiger partial charge on any atom is 0.460 e. The van der Waals surface area contributed by atoms with Gasteiger partial charge < -0.3 is 5.32 Å². The van der Waals surface area contributed by atoms with Crippen molar-refractivity contribution in [3.8, 4) is 52.8 Å². The van der Waals surface area contributed by atoms with Gasteiger partial charge in [0, 0.05) is 74.5 Å². The average Bonchev–Trinajstić information content (AvgIpc) is 1.66. The lowest BCUT2D eigenvalue weighted by Gasteiger charge is -2.13. The molecule has 0 fully saturated rings. The Kier molecular flexibility index (Phi) is 26.1. The second-order valence-electron chi connectivity index (χ2n) is 25.7. The maximum absolute atomic E-state index is 11.7. The van der Waals surface area contributed by atoms with Crippen LogP contribution in [-0.2, 0) is 29.0 Å². The number of anilines is 1. The number of nitroso groups, excluding NO2 is 2. The minimum absolute atomic E-state index is 0. The summed E-state index contributed by atoms with van der Waals surface area (Å²) in [5.41, 5.74) is 24.1. The third kappa shape index (κ3) is 19.9. The Labute approximate surface area is 634 Å². The van der Waals surface area contributed by atoms with Crippen LogP contribution in [0.5, 0.6) is 0 Å². The lowest BCUT2D eigenvalue weighted by atomic mass is 9.98. The first-order chi connectivity index (χ1) is 49.9. The normalized spacial score (nSPS) is 12.7. The van der Waals surface area contributed by atoms with E-state index in [-0.39, 0.29) is 19.9 Å². The molecule has 26 heteroatoms. The molecule has 4 aliphatic rings. The van der Waals surface area contributed by atoms with E-state index in [1.54, 1.807) is 9.89 Å². The van der Waals surface area contributed by atoms with Gasteiger partial charge in [-0.15, -0.1) is 64.3 Å². The number of carbonyl (C=O) groups excluding carboxylic acids is 1. The van der Waals surface area contributed by atoms with E-state index in [2.05, 4.69) is 227 Å². The van der Waals surface area contributed by atoms with Crippen molar-refractivity contribution in [1.29, 1.82) is 0 Å². The quantitative estimate of drug-likeness (QED) is 0.0713. The number of hydrogen-bond donors (Lipinski definition) is 1. The van der Waals surface area contributed by atoms with Gasteiger partial charge in [-0.2, -0.15) is 0 Å². The minimum atomic E-state index is -4.04. The number of aliphatic imine (C=N–C) groups is 4. The average molecular weight is 1590 g/mol. The summed E-state index contributed by atoms with van der Waals surface area (Å²) in [5, 5.41) is 28.3. The Balaban J connectivity index is 0.000000154. The van der Waals surface area contributed by atoms with Crippen molar-refractivity contribution in [3.63, 3.8) is 0 Å². The number of carbonyl (C=O) groups is 1. The Morgan fingerprint density at radius 1 is 0.467 bits per heavy atom. The molecule has 0 spiro atoms. The van der Waals surface area contributed by atoms with E-state index in [0.29, 0.717) is 19.6 Å². The van der Waals surface area contributed by atoms with Crippen molar-refractivity contribution in [1.82, 2.24) is 44.3 Å². The summed E-state index contributed by atoms with van der Waals surface area (Å²) >= 11 is 11.5. The summed E-state index contributed by atoms with van der Waals surface area (Å²) in [6, 6.07) is 65.0. The number of halogens is 3. The molecule has 3 aromatic heterocycles. The molecule has 1 N–H and O–H groups in total. The van der Waals surface area contributed by atoms with Gasteiger partial charge in [0.05, 0.1) is 45.6 Å². The number of nitrogens with one attached hydrogen (secondary N) is 1. The molecule has 7 heterocycles. The first-order valence-corrected chi connectivity index (χ1v) is 43.8. The number of benzene rings is 8. The van der Waals surface area contributed by atoms with Gasteiger partial charge >= 0.3 is 6.80 Å². The van der Waals surface area contributed by atoms with E-state index in [1.807, 2.05) is 148 Å². The van der Waals surface area contributed by atoms with Crippen LogP contribution in [0.15, 0.2) is 233 Å². The molecule has 0 bridgehead atoms. The van der Waals surface area contributed by atoms with Crippen LogP contribution in [0.4, 0.5) is 5.69 Å². The van der Waals surface area contributed by atoms with E-state index >= 15 is 0 Å². The van der Waals surface area contributed by atoms with Crippen molar-refractivity contribution >= 4 is 100 Å². The van der Waals surface area contributed by atoms with Gasteiger partial charge in [-0.05, 0) is 105 Å². The molecule has 15 rings (SSSR count). The second-order valence-corrected chi connectivity index (χ2v) is 39.6. The third-order valence-corrected chi connectivity index (χ3v) is 19.2. The molecule has 11 aromatic rings. The second kappa shape index (κ2) is 35.1. The number of aryl methyl sites for hydroxylation is 3. The Bertz CT molecular complexity index is 5360. The van der Waals surface area contributed by atoms with E-state index in [0.717, 1.165) is 145 Å². The molecule has 105 heavy (non-hydrogen) atoms. The smallest absolute Gasteiger partial charge is 0.324 e. The highest BCUT2D eigenvalue weighted by atomic mass is 79.9. The number of amides is 1. The number of hydrogen-bond acceptors (Lipinski definition) is 14. The zero-order chi connectivity index (χ0) is 74.3. The van der Waals surface area contributed by atoms with Crippen molar-refractivity contribution < 1.29 is 9.36 Å². The Hall–Kier alpha value is -10.9. The highest BCUT2D eigenvalue weighted by molar-refractivity contribution is 9.10. The Morgan fingerprint density at radius 2 is 0.800 bits per heavy atom. The summed E-state index contributed by atoms with van der Waals surface area (Å²) in [6.45, 7) is 16.7. The molecular weight excluding hydrogens is 1520 g/mol. The van der Waals surface area contributed by atoms with Gasteiger partial charge in [0.1, 0.15) is 59.8 Å². The van der Waals surface area contributed by atoms with E-state index in [1.165, 1.54) is 0 Å². The molecule has 0 aliphatic carbocycles. The van der Waals surface area contributed by atoms with Crippen LogP contribution in [0, 0.1) is 66.4 Å². The first-order valence-electron chi connectivity index (χ1n) is 32.6. The van der Waals surface area contributed by atoms with Crippen molar-refractivity contribution in [2.45, 2.75) is 87.1 Å². The van der Waals surface area contributed by atoms with Crippen LogP contribution in [0.1, 0.15) is 98.0 Å². The molecule has 8 aromatic carbocycles. The molecule has 0 saturated carbocycles. The zero-order valence-corrected chi connectivity index (χ0v) is 65.2. The fraction of sp³-hybridized carbons (Fsp3) is 0.177. The monoisotopic (exact) mass is 1590 g/mol. The Morgan fingerprint density at radius 3 is 1.16 bits per heavy atom. The van der Waals surface area contributed by atoms with Crippen LogP contribution >= 0.6 is 49.9 Å². The van der Waals surface area contributed by atoms with Gasteiger partial charge in [0.2, 0.25) is 5.91 Å². The molecule has 4 aliphatic heterocycles. The lowest BCUT2D eigenvalue weighted by Crippen LogP contribution is -2.16. The summed E-state index contributed by atoms with van der Waals surface area (Å²) in [6.07, 6.45) is 10.7. The van der Waals surface area contributed by atoms with Gasteiger partial charge in [-0.3, -0.25) is 38.5 Å². The van der Waals surface area contributed by atoms with Crippen molar-refractivity contribution in [3.05, 3.63) is 303 Å². The van der Waals surface area contributed by atoms with Gasteiger partial charge in [-0.25, -0.2) is 4.57 Å². The lowest BCUT2D eigenvalue weighted by molar-refractivity contribution is -0.114. The van der Waals surface area contributed by atoms with E-state index < -0.39 is 22.9 Å². The van der Waals surface area contributed by atoms with Crippen molar-refractivity contribution in [2.24, 2.45) is 29.9 Å². The SMILES string of the molecule is C.C#C[Si](C)(C)C.C#Cc1ccc2c(c1)C(c1ccccc1)=NCc1nnc(C)n1-2.Cc1nnc2n1-c1ccc(Br)cc1C(c1ccccc1)=NC2.Cc1nnc2n1-c1ccc(C#C[Si](C)(C)C)cc1C(c1ccccc1)=NC2.O=C1CN=C(c2ccccc2)c2cc(Br)ccc2N1.O=NP(=O)(Cl)N=O. The summed E-state index contributed by atoms with van der Waals surface area (Å²) in [4.78, 5) is 52.3. The van der Waals surface area contributed by atoms with Crippen molar-refractivity contribution in [2.75, 3.05) is 11.9 Å².